The van der Waals surface area contributed by atoms with E-state index in [0.717, 1.165) is 0 Å². The fourth-order valence-electron chi connectivity index (χ4n) is 1.78. The Morgan fingerprint density at radius 2 is 2.24 bits per heavy atom. The summed E-state index contributed by atoms with van der Waals surface area (Å²) in [6, 6.07) is 9.67. The van der Waals surface area contributed by atoms with Crippen LogP contribution in [0.25, 0.3) is 0 Å². The molecule has 7 heteroatoms. The van der Waals surface area contributed by atoms with E-state index in [2.05, 4.69) is 5.32 Å². The third kappa shape index (κ3) is 3.51. The van der Waals surface area contributed by atoms with Crippen molar-refractivity contribution in [3.63, 3.8) is 0 Å². The van der Waals surface area contributed by atoms with Gasteiger partial charge in [0, 0.05) is 0 Å². The van der Waals surface area contributed by atoms with Crippen molar-refractivity contribution in [1.29, 1.82) is 5.26 Å². The molecule has 1 aromatic carbocycles. The topological polar surface area (TPSA) is 101 Å². The Kier molecular flexibility index (Phi) is 4.41. The van der Waals surface area contributed by atoms with Gasteiger partial charge in [0.2, 0.25) is 5.76 Å². The first-order valence-corrected chi connectivity index (χ1v) is 6.28. The third-order valence-electron chi connectivity index (χ3n) is 2.70. The molecule has 21 heavy (non-hydrogen) atoms. The van der Waals surface area contributed by atoms with Crippen molar-refractivity contribution < 1.29 is 14.1 Å². The molecule has 0 amide bonds. The highest BCUT2D eigenvalue weighted by molar-refractivity contribution is 5.63. The van der Waals surface area contributed by atoms with Crippen LogP contribution in [0.5, 0.6) is 5.75 Å². The number of benzene rings is 1. The molecule has 0 saturated carbocycles. The molecule has 0 atom stereocenters. The fraction of sp³-hybridized carbons (Fsp3) is 0.214. The lowest BCUT2D eigenvalue weighted by Crippen LogP contribution is -2.02. The predicted molar refractivity (Wildman–Crippen MR) is 75.0 cm³/mol. The molecule has 0 aliphatic heterocycles. The SMILES string of the molecule is CCOc1ccc(NCc2ccc(C#N)o2)c([N+](=O)[O-])c1. The molecule has 1 N–H and O–H groups in total. The molecule has 2 aromatic rings. The van der Waals surface area contributed by atoms with Crippen molar-refractivity contribution in [2.75, 3.05) is 11.9 Å². The van der Waals surface area contributed by atoms with Crippen molar-refractivity contribution in [1.82, 2.24) is 0 Å². The summed E-state index contributed by atoms with van der Waals surface area (Å²) in [6.45, 7) is 2.49. The number of hydrogen-bond acceptors (Lipinski definition) is 6. The van der Waals surface area contributed by atoms with Gasteiger partial charge in [0.25, 0.3) is 5.69 Å². The number of nitrogens with zero attached hydrogens (tertiary/aromatic N) is 2. The number of nitro benzene ring substituents is 1. The van der Waals surface area contributed by atoms with Gasteiger partial charge in [-0.3, -0.25) is 10.1 Å². The van der Waals surface area contributed by atoms with Crippen LogP contribution in [0.15, 0.2) is 34.7 Å². The third-order valence-corrected chi connectivity index (χ3v) is 2.70. The maximum atomic E-state index is 11.1. The summed E-state index contributed by atoms with van der Waals surface area (Å²) in [6.07, 6.45) is 0. The van der Waals surface area contributed by atoms with E-state index in [1.165, 1.54) is 6.07 Å². The van der Waals surface area contributed by atoms with E-state index in [9.17, 15) is 10.1 Å². The lowest BCUT2D eigenvalue weighted by molar-refractivity contribution is -0.384. The van der Waals surface area contributed by atoms with Crippen LogP contribution in [0.2, 0.25) is 0 Å². The van der Waals surface area contributed by atoms with E-state index in [1.54, 1.807) is 24.3 Å². The van der Waals surface area contributed by atoms with Crippen molar-refractivity contribution in [2.45, 2.75) is 13.5 Å². The second-order valence-corrected chi connectivity index (χ2v) is 4.10. The lowest BCUT2D eigenvalue weighted by atomic mass is 10.2. The van der Waals surface area contributed by atoms with Crippen LogP contribution in [-0.2, 0) is 6.54 Å². The number of nitriles is 1. The predicted octanol–water partition coefficient (Wildman–Crippen LogP) is 3.07. The summed E-state index contributed by atoms with van der Waals surface area (Å²) in [7, 11) is 0. The molecule has 0 radical (unpaired) electrons. The van der Waals surface area contributed by atoms with E-state index in [4.69, 9.17) is 14.4 Å². The minimum atomic E-state index is -0.478. The molecule has 2 rings (SSSR count). The Balaban J connectivity index is 2.15. The first-order chi connectivity index (χ1) is 10.1. The number of hydrogen-bond donors (Lipinski definition) is 1. The average Bonchev–Trinajstić information content (AvgIpc) is 2.94. The van der Waals surface area contributed by atoms with Gasteiger partial charge in [-0.2, -0.15) is 5.26 Å². The fourth-order valence-corrected chi connectivity index (χ4v) is 1.78. The molecule has 1 heterocycles. The Bertz CT molecular complexity index is 688. The monoisotopic (exact) mass is 287 g/mol. The van der Waals surface area contributed by atoms with Crippen molar-refractivity contribution in [3.8, 4) is 11.8 Å². The first-order valence-electron chi connectivity index (χ1n) is 6.28. The van der Waals surface area contributed by atoms with E-state index in [-0.39, 0.29) is 18.0 Å². The molecule has 0 saturated heterocycles. The minimum Gasteiger partial charge on any atom is -0.494 e. The molecule has 0 aliphatic carbocycles. The van der Waals surface area contributed by atoms with Crippen molar-refractivity contribution in [3.05, 3.63) is 52.0 Å². The summed E-state index contributed by atoms with van der Waals surface area (Å²) in [5.41, 5.74) is 0.284. The van der Waals surface area contributed by atoms with E-state index in [1.807, 2.05) is 13.0 Å². The number of nitrogens with one attached hydrogen (secondary N) is 1. The second-order valence-electron chi connectivity index (χ2n) is 4.10. The molecule has 1 aromatic heterocycles. The summed E-state index contributed by atoms with van der Waals surface area (Å²) < 4.78 is 10.4. The zero-order chi connectivity index (χ0) is 15.2. The number of anilines is 1. The van der Waals surface area contributed by atoms with Crippen LogP contribution in [0.3, 0.4) is 0 Å². The Hall–Kier alpha value is -3.01. The molecule has 0 aliphatic rings. The van der Waals surface area contributed by atoms with Gasteiger partial charge in [0.15, 0.2) is 0 Å². The van der Waals surface area contributed by atoms with Gasteiger partial charge in [-0.15, -0.1) is 0 Å². The van der Waals surface area contributed by atoms with Crippen LogP contribution in [0, 0.1) is 21.4 Å². The zero-order valence-corrected chi connectivity index (χ0v) is 11.3. The minimum absolute atomic E-state index is 0.0759. The average molecular weight is 287 g/mol. The van der Waals surface area contributed by atoms with Gasteiger partial charge in [0.1, 0.15) is 23.3 Å². The normalized spacial score (nSPS) is 9.90. The number of nitro groups is 1. The Morgan fingerprint density at radius 3 is 2.86 bits per heavy atom. The smallest absolute Gasteiger partial charge is 0.296 e. The molecule has 0 fully saturated rings. The Labute approximate surface area is 120 Å². The molecular weight excluding hydrogens is 274 g/mol. The van der Waals surface area contributed by atoms with Crippen molar-refractivity contribution >= 4 is 11.4 Å². The van der Waals surface area contributed by atoms with Crippen LogP contribution >= 0.6 is 0 Å². The van der Waals surface area contributed by atoms with Gasteiger partial charge < -0.3 is 14.5 Å². The summed E-state index contributed by atoms with van der Waals surface area (Å²) in [5, 5.41) is 22.7. The van der Waals surface area contributed by atoms with Crippen molar-refractivity contribution in [2.24, 2.45) is 0 Å². The standard InChI is InChI=1S/C14H13N3O4/c1-2-20-10-5-6-13(14(7-10)17(18)19)16-9-12-4-3-11(8-15)21-12/h3-7,16H,2,9H2,1H3. The summed E-state index contributed by atoms with van der Waals surface area (Å²) >= 11 is 0. The molecule has 0 bridgehead atoms. The van der Waals surface area contributed by atoms with Gasteiger partial charge in [-0.25, -0.2) is 0 Å². The Morgan fingerprint density at radius 1 is 1.43 bits per heavy atom. The van der Waals surface area contributed by atoms with Crippen LogP contribution < -0.4 is 10.1 Å². The van der Waals surface area contributed by atoms with E-state index < -0.39 is 4.92 Å². The maximum Gasteiger partial charge on any atom is 0.296 e. The number of ether oxygens (including phenoxy) is 1. The van der Waals surface area contributed by atoms with Gasteiger partial charge >= 0.3 is 0 Å². The second kappa shape index (κ2) is 6.43. The molecule has 7 nitrogen and oxygen atoms in total. The van der Waals surface area contributed by atoms with Crippen LogP contribution in [0.1, 0.15) is 18.4 Å². The zero-order valence-electron chi connectivity index (χ0n) is 11.3. The molecule has 0 spiro atoms. The van der Waals surface area contributed by atoms with E-state index in [0.29, 0.717) is 23.8 Å². The van der Waals surface area contributed by atoms with Gasteiger partial charge in [0.05, 0.1) is 24.1 Å². The summed E-state index contributed by atoms with van der Waals surface area (Å²) in [5.74, 6) is 1.17. The summed E-state index contributed by atoms with van der Waals surface area (Å²) in [4.78, 5) is 10.6. The van der Waals surface area contributed by atoms with Crippen LogP contribution in [-0.4, -0.2) is 11.5 Å². The number of furan rings is 1. The highest BCUT2D eigenvalue weighted by Gasteiger charge is 2.15. The molecule has 0 unspecified atom stereocenters. The van der Waals surface area contributed by atoms with Gasteiger partial charge in [-0.1, -0.05) is 0 Å². The molecular formula is C14H13N3O4. The first kappa shape index (κ1) is 14.4. The van der Waals surface area contributed by atoms with Gasteiger partial charge in [-0.05, 0) is 31.2 Å². The highest BCUT2D eigenvalue weighted by atomic mass is 16.6. The largest absolute Gasteiger partial charge is 0.494 e. The molecule has 108 valence electrons. The maximum absolute atomic E-state index is 11.1. The van der Waals surface area contributed by atoms with Crippen LogP contribution in [0.4, 0.5) is 11.4 Å². The quantitative estimate of drug-likeness (QED) is 0.647. The van der Waals surface area contributed by atoms with E-state index >= 15 is 0 Å². The number of rotatable bonds is 6. The highest BCUT2D eigenvalue weighted by Crippen LogP contribution is 2.29. The lowest BCUT2D eigenvalue weighted by Gasteiger charge is -2.08.